The van der Waals surface area contributed by atoms with Crippen molar-refractivity contribution < 1.29 is 14.0 Å². The second-order valence-electron chi connectivity index (χ2n) is 10.4. The summed E-state index contributed by atoms with van der Waals surface area (Å²) in [7, 11) is 3.92. The lowest BCUT2D eigenvalue weighted by Gasteiger charge is -2.29. The smallest absolute Gasteiger partial charge is 0.226 e. The van der Waals surface area contributed by atoms with Gasteiger partial charge in [-0.1, -0.05) is 46.8 Å². The molecule has 2 aromatic rings. The van der Waals surface area contributed by atoms with Gasteiger partial charge in [0, 0.05) is 50.9 Å². The van der Waals surface area contributed by atoms with E-state index in [1.807, 2.05) is 76.7 Å². The minimum Gasteiger partial charge on any atom is -0.377 e. The molecule has 0 radical (unpaired) electrons. The summed E-state index contributed by atoms with van der Waals surface area (Å²) >= 11 is 0. The van der Waals surface area contributed by atoms with Crippen LogP contribution in [0.25, 0.3) is 0 Å². The Kier molecular flexibility index (Phi) is 9.66. The fraction of sp³-hybridized carbons (Fsp3) is 0.500. The van der Waals surface area contributed by atoms with Gasteiger partial charge in [-0.15, -0.1) is 0 Å². The van der Waals surface area contributed by atoms with Crippen molar-refractivity contribution in [3.63, 3.8) is 0 Å². The molecule has 0 saturated carbocycles. The van der Waals surface area contributed by atoms with Crippen LogP contribution in [0, 0.1) is 17.2 Å². The van der Waals surface area contributed by atoms with Gasteiger partial charge >= 0.3 is 0 Å². The number of rotatable bonds is 10. The van der Waals surface area contributed by atoms with E-state index in [4.69, 9.17) is 0 Å². The van der Waals surface area contributed by atoms with Gasteiger partial charge in [0.25, 0.3) is 0 Å². The molecule has 34 heavy (non-hydrogen) atoms. The van der Waals surface area contributed by atoms with Crippen molar-refractivity contribution in [3.8, 4) is 0 Å². The van der Waals surface area contributed by atoms with Gasteiger partial charge in [0.1, 0.15) is 5.82 Å². The molecule has 2 rings (SSSR count). The number of nitrogens with zero attached hydrogens (tertiary/aromatic N) is 2. The van der Waals surface area contributed by atoms with E-state index in [-0.39, 0.29) is 29.0 Å². The molecule has 0 atom stereocenters. The summed E-state index contributed by atoms with van der Waals surface area (Å²) in [6.45, 7) is 10.9. The largest absolute Gasteiger partial charge is 0.377 e. The molecule has 0 heterocycles. The van der Waals surface area contributed by atoms with Gasteiger partial charge in [-0.2, -0.15) is 0 Å². The number of amides is 2. The number of hydrogen-bond donors (Lipinski definition) is 1. The summed E-state index contributed by atoms with van der Waals surface area (Å²) in [6.07, 6.45) is 1.94. The van der Waals surface area contributed by atoms with Crippen molar-refractivity contribution in [2.75, 3.05) is 24.3 Å². The Bertz CT molecular complexity index is 961. The molecular weight excluding hydrogens is 429 g/mol. The van der Waals surface area contributed by atoms with E-state index in [2.05, 4.69) is 5.32 Å². The van der Waals surface area contributed by atoms with Gasteiger partial charge in [0.15, 0.2) is 0 Å². The molecular formula is C28H40FN3O2. The van der Waals surface area contributed by atoms with Crippen LogP contribution in [0.15, 0.2) is 42.5 Å². The molecule has 0 fully saturated rings. The van der Waals surface area contributed by atoms with Crippen LogP contribution in [-0.4, -0.2) is 30.8 Å². The van der Waals surface area contributed by atoms with Crippen LogP contribution in [0.3, 0.4) is 0 Å². The van der Waals surface area contributed by atoms with Gasteiger partial charge in [-0.3, -0.25) is 9.59 Å². The molecule has 0 aliphatic carbocycles. The van der Waals surface area contributed by atoms with Gasteiger partial charge in [-0.05, 0) is 59.7 Å². The Hall–Kier alpha value is -2.89. The second-order valence-corrected chi connectivity index (χ2v) is 10.4. The van der Waals surface area contributed by atoms with Crippen LogP contribution in [0.1, 0.15) is 65.0 Å². The molecule has 0 aliphatic rings. The molecule has 6 heteroatoms. The first-order valence-electron chi connectivity index (χ1n) is 12.1. The molecule has 0 aromatic heterocycles. The van der Waals surface area contributed by atoms with Gasteiger partial charge in [0.2, 0.25) is 11.8 Å². The zero-order valence-electron chi connectivity index (χ0n) is 21.7. The van der Waals surface area contributed by atoms with Crippen LogP contribution in [0.2, 0.25) is 0 Å². The van der Waals surface area contributed by atoms with Crippen LogP contribution >= 0.6 is 0 Å². The van der Waals surface area contributed by atoms with E-state index in [1.165, 1.54) is 12.1 Å². The third-order valence-corrected chi connectivity index (χ3v) is 5.83. The van der Waals surface area contributed by atoms with Crippen molar-refractivity contribution in [1.29, 1.82) is 0 Å². The Balaban J connectivity index is 2.38. The molecule has 0 unspecified atom stereocenters. The summed E-state index contributed by atoms with van der Waals surface area (Å²) in [5.74, 6) is -0.318. The number of carbonyl (C=O) groups excluding carboxylic acids is 2. The second kappa shape index (κ2) is 12.0. The van der Waals surface area contributed by atoms with E-state index < -0.39 is 0 Å². The van der Waals surface area contributed by atoms with Crippen LogP contribution < -0.4 is 10.2 Å². The summed E-state index contributed by atoms with van der Waals surface area (Å²) in [5, 5.41) is 3.01. The topological polar surface area (TPSA) is 52.7 Å². The summed E-state index contributed by atoms with van der Waals surface area (Å²) < 4.78 is 13.4. The minimum absolute atomic E-state index is 0.0349. The van der Waals surface area contributed by atoms with E-state index in [0.717, 1.165) is 29.7 Å². The maximum Gasteiger partial charge on any atom is 0.226 e. The fourth-order valence-electron chi connectivity index (χ4n) is 4.04. The van der Waals surface area contributed by atoms with Gasteiger partial charge in [0.05, 0.1) is 0 Å². The average molecular weight is 470 g/mol. The maximum atomic E-state index is 13.5. The van der Waals surface area contributed by atoms with Crippen molar-refractivity contribution >= 4 is 23.2 Å². The number of carbonyl (C=O) groups is 2. The quantitative estimate of drug-likeness (QED) is 0.449. The molecule has 0 aliphatic heterocycles. The van der Waals surface area contributed by atoms with Crippen LogP contribution in [-0.2, 0) is 22.7 Å². The highest BCUT2D eigenvalue weighted by Gasteiger charge is 2.24. The molecule has 2 aromatic carbocycles. The molecule has 5 nitrogen and oxygen atoms in total. The normalized spacial score (nSPS) is 11.4. The molecule has 0 saturated heterocycles. The van der Waals surface area contributed by atoms with E-state index in [9.17, 15) is 14.0 Å². The Morgan fingerprint density at radius 1 is 0.971 bits per heavy atom. The lowest BCUT2D eigenvalue weighted by molar-refractivity contribution is -0.137. The lowest BCUT2D eigenvalue weighted by Crippen LogP contribution is -2.35. The minimum atomic E-state index is -0.296. The van der Waals surface area contributed by atoms with E-state index >= 15 is 0 Å². The first-order chi connectivity index (χ1) is 15.9. The maximum absolute atomic E-state index is 13.5. The Morgan fingerprint density at radius 3 is 2.12 bits per heavy atom. The molecule has 0 bridgehead atoms. The van der Waals surface area contributed by atoms with Gasteiger partial charge < -0.3 is 15.1 Å². The summed E-state index contributed by atoms with van der Waals surface area (Å²) in [6, 6.07) is 12.1. The highest BCUT2D eigenvalue weighted by atomic mass is 19.1. The third kappa shape index (κ3) is 8.15. The number of anilines is 2. The van der Waals surface area contributed by atoms with Crippen LogP contribution in [0.5, 0.6) is 0 Å². The molecule has 186 valence electrons. The SMILES string of the molecule is CCC(CC)C(=O)N(Cc1ccc(F)cc1)Cc1cc(NC(=O)CC(C)(C)C)ccc1N(C)C. The number of halogens is 1. The summed E-state index contributed by atoms with van der Waals surface area (Å²) in [5.41, 5.74) is 3.41. The van der Waals surface area contributed by atoms with Crippen LogP contribution in [0.4, 0.5) is 15.8 Å². The van der Waals surface area contributed by atoms with Crippen molar-refractivity contribution in [2.45, 2.75) is 67.0 Å². The zero-order valence-corrected chi connectivity index (χ0v) is 21.7. The Labute approximate surface area is 204 Å². The lowest BCUT2D eigenvalue weighted by atomic mass is 9.92. The molecule has 0 spiro atoms. The fourth-order valence-corrected chi connectivity index (χ4v) is 4.04. The van der Waals surface area contributed by atoms with Crippen molar-refractivity contribution in [3.05, 3.63) is 59.4 Å². The number of nitrogens with one attached hydrogen (secondary N) is 1. The van der Waals surface area contributed by atoms with E-state index in [1.54, 1.807) is 12.1 Å². The predicted molar refractivity (Wildman–Crippen MR) is 138 cm³/mol. The summed E-state index contributed by atoms with van der Waals surface area (Å²) in [4.78, 5) is 29.8. The first-order valence-corrected chi connectivity index (χ1v) is 12.1. The third-order valence-electron chi connectivity index (χ3n) is 5.83. The molecule has 2 amide bonds. The van der Waals surface area contributed by atoms with E-state index in [0.29, 0.717) is 25.2 Å². The molecule has 1 N–H and O–H groups in total. The van der Waals surface area contributed by atoms with Gasteiger partial charge in [-0.25, -0.2) is 4.39 Å². The first kappa shape index (κ1) is 27.4. The number of hydrogen-bond acceptors (Lipinski definition) is 3. The average Bonchev–Trinajstić information content (AvgIpc) is 2.74. The zero-order chi connectivity index (χ0) is 25.5. The van der Waals surface area contributed by atoms with Crippen molar-refractivity contribution in [1.82, 2.24) is 4.90 Å². The highest BCUT2D eigenvalue weighted by Crippen LogP contribution is 2.27. The highest BCUT2D eigenvalue weighted by molar-refractivity contribution is 5.91. The standard InChI is InChI=1S/C28H40FN3O2/c1-8-21(9-2)27(34)32(18-20-10-12-23(29)13-11-20)19-22-16-24(14-15-25(22)31(6)7)30-26(33)17-28(3,4)5/h10-16,21H,8-9,17-19H2,1-7H3,(H,30,33). The monoisotopic (exact) mass is 469 g/mol. The predicted octanol–water partition coefficient (Wildman–Crippen LogP) is 6.23. The Morgan fingerprint density at radius 2 is 1.59 bits per heavy atom. The number of benzene rings is 2. The van der Waals surface area contributed by atoms with Crippen molar-refractivity contribution in [2.24, 2.45) is 11.3 Å².